The van der Waals surface area contributed by atoms with Crippen LogP contribution in [0.3, 0.4) is 0 Å². The molecule has 0 aliphatic heterocycles. The Hall–Kier alpha value is -4.15. The van der Waals surface area contributed by atoms with Crippen LogP contribution >= 0.6 is 11.6 Å². The first-order valence-corrected chi connectivity index (χ1v) is 10.2. The first-order chi connectivity index (χ1) is 15.9. The number of halogens is 2. The smallest absolute Gasteiger partial charge is 0.335 e. The number of methoxy groups -OCH3 is 1. The van der Waals surface area contributed by atoms with Crippen molar-refractivity contribution in [1.29, 1.82) is 5.26 Å². The van der Waals surface area contributed by atoms with Gasteiger partial charge in [0.25, 0.3) is 0 Å². The highest BCUT2D eigenvalue weighted by molar-refractivity contribution is 6.31. The van der Waals surface area contributed by atoms with Crippen LogP contribution in [0.4, 0.5) is 4.39 Å². The van der Waals surface area contributed by atoms with E-state index in [0.717, 1.165) is 5.56 Å². The maximum atomic E-state index is 15.0. The number of nitriles is 1. The van der Waals surface area contributed by atoms with E-state index >= 15 is 4.39 Å². The summed E-state index contributed by atoms with van der Waals surface area (Å²) in [6.07, 6.45) is 5.04. The molecule has 2 aromatic carbocycles. The van der Waals surface area contributed by atoms with E-state index in [1.807, 2.05) is 6.07 Å². The van der Waals surface area contributed by atoms with Gasteiger partial charge in [-0.1, -0.05) is 35.9 Å². The van der Waals surface area contributed by atoms with Crippen molar-refractivity contribution in [3.63, 3.8) is 0 Å². The minimum atomic E-state index is -1.05. The van der Waals surface area contributed by atoms with Crippen LogP contribution < -0.4 is 4.74 Å². The molecular formula is C25H17ClFN3O3. The quantitative estimate of drug-likeness (QED) is 0.375. The first-order valence-electron chi connectivity index (χ1n) is 9.82. The number of hydrogen-bond donors (Lipinski definition) is 1. The first kappa shape index (κ1) is 22.1. The van der Waals surface area contributed by atoms with Gasteiger partial charge in [0.1, 0.15) is 0 Å². The number of benzene rings is 2. The molecule has 0 unspecified atom stereocenters. The van der Waals surface area contributed by atoms with Crippen molar-refractivity contribution in [1.82, 2.24) is 9.55 Å². The highest BCUT2D eigenvalue weighted by Gasteiger charge is 2.16. The van der Waals surface area contributed by atoms with Crippen LogP contribution in [0.1, 0.15) is 27.0 Å². The molecule has 0 spiro atoms. The Bertz CT molecular complexity index is 1420. The Balaban J connectivity index is 1.81. The van der Waals surface area contributed by atoms with E-state index in [1.54, 1.807) is 47.3 Å². The minimum absolute atomic E-state index is 0.00463. The van der Waals surface area contributed by atoms with Crippen LogP contribution in [0.5, 0.6) is 5.88 Å². The summed E-state index contributed by atoms with van der Waals surface area (Å²) < 4.78 is 21.8. The zero-order chi connectivity index (χ0) is 23.5. The van der Waals surface area contributed by atoms with Crippen LogP contribution in [-0.2, 0) is 6.54 Å². The molecule has 33 heavy (non-hydrogen) atoms. The van der Waals surface area contributed by atoms with Crippen LogP contribution in [0, 0.1) is 17.1 Å². The van der Waals surface area contributed by atoms with E-state index in [0.29, 0.717) is 40.0 Å². The second-order valence-corrected chi connectivity index (χ2v) is 7.64. The van der Waals surface area contributed by atoms with Crippen molar-refractivity contribution in [2.45, 2.75) is 6.54 Å². The minimum Gasteiger partial charge on any atom is -0.481 e. The van der Waals surface area contributed by atoms with Crippen LogP contribution in [0.25, 0.3) is 22.6 Å². The summed E-state index contributed by atoms with van der Waals surface area (Å²) in [5.74, 6) is -1.13. The van der Waals surface area contributed by atoms with Crippen molar-refractivity contribution in [3.8, 4) is 11.9 Å². The lowest BCUT2D eigenvalue weighted by Crippen LogP contribution is -2.00. The summed E-state index contributed by atoms with van der Waals surface area (Å²) in [5, 5.41) is 19.4. The Labute approximate surface area is 193 Å². The van der Waals surface area contributed by atoms with Crippen LogP contribution in [-0.4, -0.2) is 27.7 Å². The predicted molar refractivity (Wildman–Crippen MR) is 124 cm³/mol. The number of pyridine rings is 1. The number of ether oxygens (including phenoxy) is 1. The fourth-order valence-electron chi connectivity index (χ4n) is 3.55. The fourth-order valence-corrected chi connectivity index (χ4v) is 3.70. The van der Waals surface area contributed by atoms with Gasteiger partial charge in [-0.05, 0) is 35.4 Å². The molecule has 1 N–H and O–H groups in total. The highest BCUT2D eigenvalue weighted by Crippen LogP contribution is 2.32. The van der Waals surface area contributed by atoms with Gasteiger partial charge in [0.2, 0.25) is 5.88 Å². The van der Waals surface area contributed by atoms with Crippen LogP contribution in [0.2, 0.25) is 5.02 Å². The lowest BCUT2D eigenvalue weighted by molar-refractivity contribution is 0.0697. The monoisotopic (exact) mass is 461 g/mol. The van der Waals surface area contributed by atoms with E-state index in [2.05, 4.69) is 11.1 Å². The average Bonchev–Trinajstić information content (AvgIpc) is 3.17. The van der Waals surface area contributed by atoms with E-state index in [1.165, 1.54) is 25.3 Å². The standard InChI is InChI=1S/C25H17ClFN3O3/c1-33-22-9-2-15(12-29-22)13-30-14-19(20-7-8-21(26)23(27)24(20)30)10-18(11-28)16-3-5-17(6-4-16)25(31)32/h2-10,12,14H,13H2,1H3,(H,31,32). The maximum Gasteiger partial charge on any atom is 0.335 e. The van der Waals surface area contributed by atoms with Gasteiger partial charge >= 0.3 is 5.97 Å². The lowest BCUT2D eigenvalue weighted by Gasteiger charge is -2.07. The van der Waals surface area contributed by atoms with Crippen molar-refractivity contribution < 1.29 is 19.0 Å². The largest absolute Gasteiger partial charge is 0.481 e. The predicted octanol–water partition coefficient (Wildman–Crippen LogP) is 5.65. The number of fused-ring (bicyclic) bond motifs is 1. The van der Waals surface area contributed by atoms with Crippen molar-refractivity contribution in [2.24, 2.45) is 0 Å². The number of rotatable bonds is 6. The van der Waals surface area contributed by atoms with E-state index in [-0.39, 0.29) is 10.6 Å². The molecule has 0 amide bonds. The van der Waals surface area contributed by atoms with Crippen molar-refractivity contribution >= 4 is 40.1 Å². The molecule has 6 nitrogen and oxygen atoms in total. The summed E-state index contributed by atoms with van der Waals surface area (Å²) in [6.45, 7) is 0.327. The van der Waals surface area contributed by atoms with Gasteiger partial charge in [0, 0.05) is 36.0 Å². The molecule has 0 aliphatic rings. The van der Waals surface area contributed by atoms with Gasteiger partial charge in [-0.25, -0.2) is 14.2 Å². The van der Waals surface area contributed by atoms with Gasteiger partial charge in [-0.3, -0.25) is 0 Å². The number of hydrogen-bond acceptors (Lipinski definition) is 4. The Kier molecular flexibility index (Phi) is 6.11. The number of aromatic carboxylic acids is 1. The average molecular weight is 462 g/mol. The number of nitrogens with zero attached hydrogens (tertiary/aromatic N) is 3. The zero-order valence-electron chi connectivity index (χ0n) is 17.4. The van der Waals surface area contributed by atoms with E-state index in [4.69, 9.17) is 21.4 Å². The fraction of sp³-hybridized carbons (Fsp3) is 0.0800. The molecule has 0 atom stereocenters. The van der Waals surface area contributed by atoms with Gasteiger partial charge in [-0.2, -0.15) is 5.26 Å². The molecule has 0 bridgehead atoms. The summed E-state index contributed by atoms with van der Waals surface area (Å²) in [4.78, 5) is 15.3. The third kappa shape index (κ3) is 4.43. The number of carboxylic acids is 1. The molecular weight excluding hydrogens is 445 g/mol. The van der Waals surface area contributed by atoms with E-state index < -0.39 is 11.8 Å². The lowest BCUT2D eigenvalue weighted by atomic mass is 10.0. The third-order valence-electron chi connectivity index (χ3n) is 5.18. The molecule has 2 heterocycles. The Morgan fingerprint density at radius 1 is 1.21 bits per heavy atom. The summed E-state index contributed by atoms with van der Waals surface area (Å²) in [7, 11) is 1.53. The van der Waals surface area contributed by atoms with Crippen LogP contribution in [0.15, 0.2) is 60.9 Å². The van der Waals surface area contributed by atoms with Gasteiger partial charge in [0.15, 0.2) is 5.82 Å². The molecule has 0 saturated carbocycles. The normalized spacial score (nSPS) is 11.4. The zero-order valence-corrected chi connectivity index (χ0v) is 18.2. The molecule has 4 aromatic rings. The molecule has 0 radical (unpaired) electrons. The number of carboxylic acid groups (broad SMARTS) is 1. The molecule has 2 aromatic heterocycles. The summed E-state index contributed by atoms with van der Waals surface area (Å²) >= 11 is 6.05. The number of aromatic nitrogens is 2. The number of carbonyl (C=O) groups is 1. The van der Waals surface area contributed by atoms with Crippen molar-refractivity contribution in [2.75, 3.05) is 7.11 Å². The molecule has 0 saturated heterocycles. The number of allylic oxidation sites excluding steroid dienone is 1. The Morgan fingerprint density at radius 3 is 2.55 bits per heavy atom. The third-order valence-corrected chi connectivity index (χ3v) is 5.48. The topological polar surface area (TPSA) is 88.1 Å². The second kappa shape index (κ2) is 9.15. The molecule has 0 aliphatic carbocycles. The molecule has 8 heteroatoms. The Morgan fingerprint density at radius 2 is 1.94 bits per heavy atom. The summed E-state index contributed by atoms with van der Waals surface area (Å²) in [5.41, 5.74) is 2.75. The maximum absolute atomic E-state index is 15.0. The van der Waals surface area contributed by atoms with E-state index in [9.17, 15) is 10.1 Å². The SMILES string of the molecule is COc1ccc(Cn2cc(C=C(C#N)c3ccc(C(=O)O)cc3)c3ccc(Cl)c(F)c32)cn1. The second-order valence-electron chi connectivity index (χ2n) is 7.23. The van der Waals surface area contributed by atoms with Gasteiger partial charge in [0.05, 0.1) is 34.9 Å². The molecule has 0 fully saturated rings. The van der Waals surface area contributed by atoms with Gasteiger partial charge in [-0.15, -0.1) is 0 Å². The van der Waals surface area contributed by atoms with Crippen molar-refractivity contribution in [3.05, 3.63) is 94.0 Å². The molecule has 164 valence electrons. The summed E-state index contributed by atoms with van der Waals surface area (Å²) in [6, 6.07) is 14.9. The highest BCUT2D eigenvalue weighted by atomic mass is 35.5. The van der Waals surface area contributed by atoms with Gasteiger partial charge < -0.3 is 14.4 Å². The molecule has 4 rings (SSSR count).